The van der Waals surface area contributed by atoms with Gasteiger partial charge in [0.25, 0.3) is 0 Å². The number of rotatable bonds is 42. The lowest BCUT2D eigenvalue weighted by atomic mass is 9.85. The summed E-state index contributed by atoms with van der Waals surface area (Å²) >= 11 is 0. The summed E-state index contributed by atoms with van der Waals surface area (Å²) in [6.45, 7) is 3.10. The summed E-state index contributed by atoms with van der Waals surface area (Å²) in [5, 5.41) is 41.3. The lowest BCUT2D eigenvalue weighted by molar-refractivity contribution is -0.216. The van der Waals surface area contributed by atoms with E-state index in [1.807, 2.05) is 0 Å². The molecule has 1 fully saturated rings. The van der Waals surface area contributed by atoms with Crippen LogP contribution in [0.3, 0.4) is 0 Å². The third kappa shape index (κ3) is 32.8. The summed E-state index contributed by atoms with van der Waals surface area (Å²) in [5.41, 5.74) is 0. The van der Waals surface area contributed by atoms with Gasteiger partial charge >= 0.3 is 27.6 Å². The summed E-state index contributed by atoms with van der Waals surface area (Å²) in [7, 11) is -10.7. The van der Waals surface area contributed by atoms with Gasteiger partial charge in [0, 0.05) is 12.8 Å². The maximum atomic E-state index is 13.0. The van der Waals surface area contributed by atoms with E-state index in [9.17, 15) is 53.8 Å². The molecule has 1 aliphatic carbocycles. The van der Waals surface area contributed by atoms with Crippen LogP contribution in [0, 0.1) is 0 Å². The molecule has 0 aromatic rings. The first-order valence-corrected chi connectivity index (χ1v) is 27.9. The number of aliphatic hydroxyl groups is 4. The van der Waals surface area contributed by atoms with Gasteiger partial charge in [-0.15, -0.1) is 0 Å². The fraction of sp³-hybridized carbons (Fsp3) is 0.872. The highest BCUT2D eigenvalue weighted by atomic mass is 31.2. The van der Waals surface area contributed by atoms with Gasteiger partial charge in [-0.3, -0.25) is 23.2 Å². The molecule has 0 aromatic heterocycles. The van der Waals surface area contributed by atoms with Crippen molar-refractivity contribution in [2.24, 2.45) is 0 Å². The standard InChI is InChI=1S/C47H88O16P2/c1-3-5-7-9-11-13-15-17-19-20-22-24-26-28-30-32-34-36-41(49)61-39(37-59-40(48)35-33-31-29-27-25-23-21-18-16-14-12-10-8-6-4-2)38-60-65(57,58)63-47-44(52)42(50)43(51)46(45(47)53)62-64(54,55)56/h14,16-17,19,39,42-47,50-53H,3-13,15,18,20-38H2,1-2H3,(H,57,58)(H2,54,55,56)/t39-,42?,43?,44?,45?,46-,47+/m1/s1. The molecule has 0 saturated heterocycles. The van der Waals surface area contributed by atoms with Crippen molar-refractivity contribution in [2.45, 2.75) is 249 Å². The number of phosphoric ester groups is 2. The predicted molar refractivity (Wildman–Crippen MR) is 251 cm³/mol. The summed E-state index contributed by atoms with van der Waals surface area (Å²) in [6, 6.07) is 0. The van der Waals surface area contributed by atoms with E-state index in [1.54, 1.807) is 0 Å². The lowest BCUT2D eigenvalue weighted by Crippen LogP contribution is -2.64. The van der Waals surface area contributed by atoms with Crippen LogP contribution >= 0.6 is 15.6 Å². The van der Waals surface area contributed by atoms with Gasteiger partial charge in [0.1, 0.15) is 43.2 Å². The fourth-order valence-electron chi connectivity index (χ4n) is 7.60. The molecule has 1 aliphatic rings. The number of hydrogen-bond donors (Lipinski definition) is 7. The Hall–Kier alpha value is -1.52. The van der Waals surface area contributed by atoms with Gasteiger partial charge in [0.15, 0.2) is 6.10 Å². The van der Waals surface area contributed by atoms with Crippen molar-refractivity contribution in [1.82, 2.24) is 0 Å². The molecule has 0 spiro atoms. The van der Waals surface area contributed by atoms with Crippen LogP contribution in [0.5, 0.6) is 0 Å². The highest BCUT2D eigenvalue weighted by Crippen LogP contribution is 2.49. The van der Waals surface area contributed by atoms with Gasteiger partial charge in [-0.1, -0.05) is 154 Å². The van der Waals surface area contributed by atoms with Gasteiger partial charge < -0.3 is 44.6 Å². The maximum absolute atomic E-state index is 13.0. The van der Waals surface area contributed by atoms with Gasteiger partial charge in [0.2, 0.25) is 0 Å². The van der Waals surface area contributed by atoms with Crippen molar-refractivity contribution in [3.63, 3.8) is 0 Å². The zero-order valence-electron chi connectivity index (χ0n) is 39.7. The van der Waals surface area contributed by atoms with Crippen LogP contribution in [-0.4, -0.2) is 103 Å². The summed E-state index contributed by atoms with van der Waals surface area (Å²) in [5.74, 6) is -1.21. The number of phosphoric acid groups is 2. The first-order valence-electron chi connectivity index (χ1n) is 24.9. The highest BCUT2D eigenvalue weighted by molar-refractivity contribution is 7.47. The largest absolute Gasteiger partial charge is 0.472 e. The molecule has 0 aliphatic heterocycles. The Balaban J connectivity index is 2.57. The fourth-order valence-corrected chi connectivity index (χ4v) is 9.14. The molecule has 0 aromatic carbocycles. The Labute approximate surface area is 390 Å². The van der Waals surface area contributed by atoms with Crippen molar-refractivity contribution in [3.05, 3.63) is 24.3 Å². The topological polar surface area (TPSA) is 256 Å². The average Bonchev–Trinajstić information content (AvgIpc) is 3.26. The van der Waals surface area contributed by atoms with Gasteiger partial charge in [0.05, 0.1) is 6.61 Å². The molecule has 1 saturated carbocycles. The van der Waals surface area contributed by atoms with Crippen molar-refractivity contribution < 1.29 is 76.9 Å². The van der Waals surface area contributed by atoms with E-state index < -0.39 is 83.5 Å². The van der Waals surface area contributed by atoms with Crippen LogP contribution in [0.1, 0.15) is 206 Å². The van der Waals surface area contributed by atoms with Gasteiger partial charge in [-0.2, -0.15) is 0 Å². The van der Waals surface area contributed by atoms with E-state index in [4.69, 9.17) is 18.5 Å². The van der Waals surface area contributed by atoms with Crippen LogP contribution in [0.15, 0.2) is 24.3 Å². The van der Waals surface area contributed by atoms with E-state index in [-0.39, 0.29) is 12.8 Å². The summed E-state index contributed by atoms with van der Waals surface area (Å²) in [4.78, 5) is 54.3. The van der Waals surface area contributed by atoms with Crippen molar-refractivity contribution >= 4 is 27.6 Å². The Bertz CT molecular complexity index is 1360. The van der Waals surface area contributed by atoms with Gasteiger partial charge in [-0.25, -0.2) is 9.13 Å². The molecule has 65 heavy (non-hydrogen) atoms. The number of hydrogen-bond acceptors (Lipinski definition) is 13. The SMILES string of the molecule is CCCCCCC=CCCCCCCCCCC(=O)OC[C@H](COP(=O)(O)O[C@H]1C(O)C(O)C(O)[C@@H](OP(=O)(O)O)C1O)OC(=O)CCCCCCCCCC=CCCCCCCCC. The second kappa shape index (κ2) is 38.3. The maximum Gasteiger partial charge on any atom is 0.472 e. The van der Waals surface area contributed by atoms with E-state index in [0.29, 0.717) is 12.8 Å². The molecule has 0 amide bonds. The second-order valence-corrected chi connectivity index (χ2v) is 20.1. The third-order valence-corrected chi connectivity index (χ3v) is 13.0. The number of ether oxygens (including phenoxy) is 2. The predicted octanol–water partition coefficient (Wildman–Crippen LogP) is 9.73. The molecule has 5 unspecified atom stereocenters. The Morgan fingerprint density at radius 3 is 1.28 bits per heavy atom. The number of esters is 2. The minimum atomic E-state index is -5.36. The third-order valence-electron chi connectivity index (χ3n) is 11.5. The Morgan fingerprint density at radius 2 is 0.846 bits per heavy atom. The summed E-state index contributed by atoms with van der Waals surface area (Å²) < 4.78 is 49.4. The minimum Gasteiger partial charge on any atom is -0.462 e. The average molecular weight is 971 g/mol. The number of carbonyl (C=O) groups excluding carboxylic acids is 2. The van der Waals surface area contributed by atoms with Crippen molar-refractivity contribution in [3.8, 4) is 0 Å². The molecule has 16 nitrogen and oxygen atoms in total. The number of aliphatic hydroxyl groups excluding tert-OH is 4. The molecule has 7 N–H and O–H groups in total. The molecular weight excluding hydrogens is 882 g/mol. The Morgan fingerprint density at radius 1 is 0.477 bits per heavy atom. The van der Waals surface area contributed by atoms with E-state index in [1.165, 1.54) is 64.2 Å². The monoisotopic (exact) mass is 971 g/mol. The molecule has 18 heteroatoms. The summed E-state index contributed by atoms with van der Waals surface area (Å²) in [6.07, 6.45) is 25.5. The van der Waals surface area contributed by atoms with Crippen molar-refractivity contribution in [2.75, 3.05) is 13.2 Å². The second-order valence-electron chi connectivity index (χ2n) is 17.5. The molecule has 8 atom stereocenters. The first kappa shape index (κ1) is 61.5. The molecule has 1 rings (SSSR count). The normalized spacial score (nSPS) is 21.8. The molecule has 0 radical (unpaired) electrons. The smallest absolute Gasteiger partial charge is 0.462 e. The molecule has 0 bridgehead atoms. The lowest BCUT2D eigenvalue weighted by Gasteiger charge is -2.43. The highest BCUT2D eigenvalue weighted by Gasteiger charge is 2.54. The number of unbranched alkanes of at least 4 members (excludes halogenated alkanes) is 24. The van der Waals surface area contributed by atoms with Crippen LogP contribution in [0.25, 0.3) is 0 Å². The van der Waals surface area contributed by atoms with E-state index >= 15 is 0 Å². The van der Waals surface area contributed by atoms with Crippen molar-refractivity contribution in [1.29, 1.82) is 0 Å². The molecule has 0 heterocycles. The van der Waals surface area contributed by atoms with E-state index in [0.717, 1.165) is 103 Å². The number of allylic oxidation sites excluding steroid dienone is 4. The quantitative estimate of drug-likeness (QED) is 0.0130. The Kier molecular flexibility index (Phi) is 36.3. The van der Waals surface area contributed by atoms with Crippen LogP contribution in [0.4, 0.5) is 0 Å². The zero-order chi connectivity index (χ0) is 48.2. The zero-order valence-corrected chi connectivity index (χ0v) is 41.5. The van der Waals surface area contributed by atoms with Crippen LogP contribution in [-0.2, 0) is 41.8 Å². The molecular formula is C47H88O16P2. The number of carbonyl (C=O) groups is 2. The minimum absolute atomic E-state index is 0.0403. The van der Waals surface area contributed by atoms with Crippen LogP contribution in [0.2, 0.25) is 0 Å². The first-order chi connectivity index (χ1) is 31.1. The van der Waals surface area contributed by atoms with Crippen LogP contribution < -0.4 is 0 Å². The van der Waals surface area contributed by atoms with E-state index in [2.05, 4.69) is 42.7 Å². The van der Waals surface area contributed by atoms with Gasteiger partial charge in [-0.05, 0) is 64.2 Å². The molecule has 382 valence electrons.